The Morgan fingerprint density at radius 2 is 1.94 bits per heavy atom. The zero-order valence-electron chi connectivity index (χ0n) is 8.74. The molecule has 1 amide bonds. The van der Waals surface area contributed by atoms with Crippen molar-refractivity contribution < 1.29 is 19.1 Å². The molecule has 16 heavy (non-hydrogen) atoms. The largest absolute Gasteiger partial charge is 0.394 e. The Bertz CT molecular complexity index is 389. The van der Waals surface area contributed by atoms with Gasteiger partial charge in [0.1, 0.15) is 11.9 Å². The van der Waals surface area contributed by atoms with E-state index in [9.17, 15) is 14.0 Å². The van der Waals surface area contributed by atoms with Gasteiger partial charge >= 0.3 is 0 Å². The van der Waals surface area contributed by atoms with Crippen LogP contribution in [-0.2, 0) is 4.79 Å². The molecule has 2 N–H and O–H groups in total. The van der Waals surface area contributed by atoms with E-state index in [1.165, 1.54) is 19.1 Å². The summed E-state index contributed by atoms with van der Waals surface area (Å²) in [5, 5.41) is 11.2. The average Bonchev–Trinajstić information content (AvgIpc) is 2.26. The van der Waals surface area contributed by atoms with Crippen molar-refractivity contribution in [2.75, 3.05) is 6.61 Å². The van der Waals surface area contributed by atoms with Crippen molar-refractivity contribution >= 4 is 11.7 Å². The number of ketones is 1. The minimum Gasteiger partial charge on any atom is -0.394 e. The molecule has 0 aliphatic heterocycles. The number of aliphatic hydroxyl groups is 1. The van der Waals surface area contributed by atoms with Crippen LogP contribution in [0.2, 0.25) is 0 Å². The molecule has 1 aromatic rings. The maximum Gasteiger partial charge on any atom is 0.251 e. The Morgan fingerprint density at radius 1 is 1.38 bits per heavy atom. The molecule has 86 valence electrons. The van der Waals surface area contributed by atoms with Gasteiger partial charge in [0.25, 0.3) is 5.91 Å². The zero-order valence-corrected chi connectivity index (χ0v) is 8.74. The van der Waals surface area contributed by atoms with Gasteiger partial charge in [-0.2, -0.15) is 0 Å². The van der Waals surface area contributed by atoms with Crippen LogP contribution in [0, 0.1) is 5.82 Å². The predicted octanol–water partition coefficient (Wildman–Crippen LogP) is 0.505. The van der Waals surface area contributed by atoms with Crippen molar-refractivity contribution in [3.05, 3.63) is 35.6 Å². The number of aliphatic hydroxyl groups excluding tert-OH is 1. The Morgan fingerprint density at radius 3 is 2.38 bits per heavy atom. The van der Waals surface area contributed by atoms with E-state index < -0.39 is 24.4 Å². The summed E-state index contributed by atoms with van der Waals surface area (Å²) in [6.45, 7) is 0.814. The number of rotatable bonds is 4. The van der Waals surface area contributed by atoms with Gasteiger partial charge in [-0.15, -0.1) is 0 Å². The van der Waals surface area contributed by atoms with Gasteiger partial charge in [0.2, 0.25) is 0 Å². The summed E-state index contributed by atoms with van der Waals surface area (Å²) in [4.78, 5) is 22.5. The van der Waals surface area contributed by atoms with E-state index in [-0.39, 0.29) is 11.3 Å². The SMILES string of the molecule is CC(=O)C(CO)NC(=O)c1ccc(F)cc1. The van der Waals surface area contributed by atoms with Gasteiger partial charge in [0, 0.05) is 5.56 Å². The summed E-state index contributed by atoms with van der Waals surface area (Å²) in [6, 6.07) is 3.99. The molecule has 0 aromatic heterocycles. The number of amides is 1. The molecule has 1 rings (SSSR count). The summed E-state index contributed by atoms with van der Waals surface area (Å²) in [6.07, 6.45) is 0. The van der Waals surface area contributed by atoms with E-state index in [1.807, 2.05) is 0 Å². The molecule has 0 fully saturated rings. The minimum absolute atomic E-state index is 0.237. The lowest BCUT2D eigenvalue weighted by Crippen LogP contribution is -2.42. The van der Waals surface area contributed by atoms with E-state index >= 15 is 0 Å². The third-order valence-corrected chi connectivity index (χ3v) is 2.09. The van der Waals surface area contributed by atoms with Crippen LogP contribution in [0.15, 0.2) is 24.3 Å². The second kappa shape index (κ2) is 5.37. The van der Waals surface area contributed by atoms with Crippen LogP contribution >= 0.6 is 0 Å². The van der Waals surface area contributed by atoms with Crippen molar-refractivity contribution in [1.29, 1.82) is 0 Å². The van der Waals surface area contributed by atoms with Gasteiger partial charge in [0.05, 0.1) is 6.61 Å². The standard InChI is InChI=1S/C11H12FNO3/c1-7(15)10(6-14)13-11(16)8-2-4-9(12)5-3-8/h2-5,10,14H,6H2,1H3,(H,13,16). The van der Waals surface area contributed by atoms with E-state index in [0.717, 1.165) is 12.1 Å². The smallest absolute Gasteiger partial charge is 0.251 e. The first kappa shape index (κ1) is 12.3. The van der Waals surface area contributed by atoms with E-state index in [1.54, 1.807) is 0 Å². The van der Waals surface area contributed by atoms with Gasteiger partial charge in [0.15, 0.2) is 5.78 Å². The molecule has 0 spiro atoms. The van der Waals surface area contributed by atoms with Gasteiger partial charge in [-0.05, 0) is 31.2 Å². The highest BCUT2D eigenvalue weighted by Crippen LogP contribution is 2.03. The molecule has 1 aromatic carbocycles. The molecular weight excluding hydrogens is 213 g/mol. The van der Waals surface area contributed by atoms with Gasteiger partial charge in [-0.25, -0.2) is 4.39 Å². The number of carbonyl (C=O) groups is 2. The zero-order chi connectivity index (χ0) is 12.1. The number of carbonyl (C=O) groups excluding carboxylic acids is 2. The van der Waals surface area contributed by atoms with Crippen molar-refractivity contribution in [3.63, 3.8) is 0 Å². The number of Topliss-reactive ketones (excluding diaryl/α,β-unsaturated/α-hetero) is 1. The minimum atomic E-state index is -0.919. The fourth-order valence-electron chi connectivity index (χ4n) is 1.12. The Kier molecular flexibility index (Phi) is 4.13. The summed E-state index contributed by atoms with van der Waals surface area (Å²) >= 11 is 0. The lowest BCUT2D eigenvalue weighted by Gasteiger charge is -2.12. The molecule has 0 saturated heterocycles. The van der Waals surface area contributed by atoms with E-state index in [2.05, 4.69) is 5.32 Å². The van der Waals surface area contributed by atoms with Gasteiger partial charge in [-0.3, -0.25) is 9.59 Å². The fraction of sp³-hybridized carbons (Fsp3) is 0.273. The highest BCUT2D eigenvalue weighted by atomic mass is 19.1. The fourth-order valence-corrected chi connectivity index (χ4v) is 1.12. The van der Waals surface area contributed by atoms with Crippen LogP contribution in [0.25, 0.3) is 0 Å². The summed E-state index contributed by atoms with van der Waals surface area (Å²) in [7, 11) is 0. The lowest BCUT2D eigenvalue weighted by atomic mass is 10.1. The third kappa shape index (κ3) is 3.13. The highest BCUT2D eigenvalue weighted by Gasteiger charge is 2.16. The van der Waals surface area contributed by atoms with Crippen LogP contribution in [0.3, 0.4) is 0 Å². The number of benzene rings is 1. The van der Waals surface area contributed by atoms with Crippen LogP contribution in [-0.4, -0.2) is 29.4 Å². The Labute approximate surface area is 92.1 Å². The molecule has 0 saturated carbocycles. The molecule has 0 aliphatic rings. The Balaban J connectivity index is 2.71. The lowest BCUT2D eigenvalue weighted by molar-refractivity contribution is -0.119. The second-order valence-electron chi connectivity index (χ2n) is 3.33. The quantitative estimate of drug-likeness (QED) is 0.784. The highest BCUT2D eigenvalue weighted by molar-refractivity contribution is 5.97. The van der Waals surface area contributed by atoms with Crippen molar-refractivity contribution in [3.8, 4) is 0 Å². The van der Waals surface area contributed by atoms with Crippen molar-refractivity contribution in [2.24, 2.45) is 0 Å². The first-order valence-electron chi connectivity index (χ1n) is 4.72. The molecule has 0 bridgehead atoms. The molecule has 0 heterocycles. The van der Waals surface area contributed by atoms with Crippen LogP contribution in [0.5, 0.6) is 0 Å². The maximum absolute atomic E-state index is 12.6. The summed E-state index contributed by atoms with van der Waals surface area (Å²) in [5.41, 5.74) is 0.237. The molecule has 4 nitrogen and oxygen atoms in total. The van der Waals surface area contributed by atoms with Crippen LogP contribution < -0.4 is 5.32 Å². The van der Waals surface area contributed by atoms with Crippen LogP contribution in [0.4, 0.5) is 4.39 Å². The van der Waals surface area contributed by atoms with Crippen molar-refractivity contribution in [2.45, 2.75) is 13.0 Å². The topological polar surface area (TPSA) is 66.4 Å². The maximum atomic E-state index is 12.6. The first-order valence-corrected chi connectivity index (χ1v) is 4.72. The first-order chi connectivity index (χ1) is 7.54. The monoisotopic (exact) mass is 225 g/mol. The van der Waals surface area contributed by atoms with Crippen molar-refractivity contribution in [1.82, 2.24) is 5.32 Å². The molecule has 0 aliphatic carbocycles. The summed E-state index contributed by atoms with van der Waals surface area (Å²) in [5.74, 6) is -1.30. The van der Waals surface area contributed by atoms with Gasteiger partial charge < -0.3 is 10.4 Å². The number of halogens is 1. The normalized spacial score (nSPS) is 11.9. The van der Waals surface area contributed by atoms with E-state index in [0.29, 0.717) is 0 Å². The average molecular weight is 225 g/mol. The summed E-state index contributed by atoms with van der Waals surface area (Å²) < 4.78 is 12.6. The Hall–Kier alpha value is -1.75. The molecule has 1 unspecified atom stereocenters. The molecule has 0 radical (unpaired) electrons. The number of hydrogen-bond donors (Lipinski definition) is 2. The molecule has 5 heteroatoms. The van der Waals surface area contributed by atoms with Gasteiger partial charge in [-0.1, -0.05) is 0 Å². The molecular formula is C11H12FNO3. The second-order valence-corrected chi connectivity index (χ2v) is 3.33. The number of hydrogen-bond acceptors (Lipinski definition) is 3. The number of nitrogens with one attached hydrogen (secondary N) is 1. The predicted molar refractivity (Wildman–Crippen MR) is 55.4 cm³/mol. The third-order valence-electron chi connectivity index (χ3n) is 2.09. The van der Waals surface area contributed by atoms with Crippen LogP contribution in [0.1, 0.15) is 17.3 Å². The molecule has 1 atom stereocenters. The van der Waals surface area contributed by atoms with E-state index in [4.69, 9.17) is 5.11 Å².